The number of nitrogens with one attached hydrogen (secondary N) is 1. The third kappa shape index (κ3) is 3.94. The average Bonchev–Trinajstić information content (AvgIpc) is 3.16. The highest BCUT2D eigenvalue weighted by atomic mass is 32.1. The van der Waals surface area contributed by atoms with Gasteiger partial charge in [0.25, 0.3) is 0 Å². The van der Waals surface area contributed by atoms with Gasteiger partial charge in [0.15, 0.2) is 0 Å². The predicted molar refractivity (Wildman–Crippen MR) is 85.5 cm³/mol. The molecule has 2 heterocycles. The molecule has 22 heavy (non-hydrogen) atoms. The first-order valence-electron chi connectivity index (χ1n) is 7.85. The molecule has 2 aromatic heterocycles. The Morgan fingerprint density at radius 2 is 2.36 bits per heavy atom. The van der Waals surface area contributed by atoms with Crippen LogP contribution in [0.1, 0.15) is 44.9 Å². The van der Waals surface area contributed by atoms with Crippen LogP contribution in [-0.2, 0) is 11.2 Å². The summed E-state index contributed by atoms with van der Waals surface area (Å²) in [7, 11) is 0. The van der Waals surface area contributed by atoms with Crippen LogP contribution in [0, 0.1) is 5.92 Å². The van der Waals surface area contributed by atoms with Crippen LogP contribution in [0.5, 0.6) is 0 Å². The summed E-state index contributed by atoms with van der Waals surface area (Å²) in [5.74, 6) is 1.84. The number of hydrogen-bond donors (Lipinski definition) is 1. The SMILES string of the molecule is C[C@H]1CCC[C@@H](NC(=O)CCc2nnc(-c3ccsc3)o2)C1. The Balaban J connectivity index is 1.47. The Bertz CT molecular complexity index is 609. The molecule has 1 N–H and O–H groups in total. The van der Waals surface area contributed by atoms with Crippen LogP contribution < -0.4 is 5.32 Å². The lowest BCUT2D eigenvalue weighted by Crippen LogP contribution is -2.38. The standard InChI is InChI=1S/C16H21N3O2S/c1-11-3-2-4-13(9-11)17-14(20)5-6-15-18-19-16(21-15)12-7-8-22-10-12/h7-8,10-11,13H,2-6,9H2,1H3,(H,17,20)/t11-,13+/m0/s1. The maximum absolute atomic E-state index is 12.0. The number of thiophene rings is 1. The van der Waals surface area contributed by atoms with Crippen molar-refractivity contribution >= 4 is 17.2 Å². The molecule has 1 amide bonds. The normalized spacial score (nSPS) is 21.7. The van der Waals surface area contributed by atoms with Crippen LogP contribution in [0.25, 0.3) is 11.5 Å². The summed E-state index contributed by atoms with van der Waals surface area (Å²) >= 11 is 1.59. The van der Waals surface area contributed by atoms with Crippen molar-refractivity contribution in [2.24, 2.45) is 5.92 Å². The molecule has 1 aliphatic rings. The van der Waals surface area contributed by atoms with Crippen molar-refractivity contribution in [3.05, 3.63) is 22.7 Å². The monoisotopic (exact) mass is 319 g/mol. The van der Waals surface area contributed by atoms with Crippen molar-refractivity contribution < 1.29 is 9.21 Å². The van der Waals surface area contributed by atoms with Gasteiger partial charge < -0.3 is 9.73 Å². The van der Waals surface area contributed by atoms with Gasteiger partial charge in [0.2, 0.25) is 17.7 Å². The summed E-state index contributed by atoms with van der Waals surface area (Å²) in [6, 6.07) is 2.28. The first kappa shape index (κ1) is 15.2. The summed E-state index contributed by atoms with van der Waals surface area (Å²) < 4.78 is 5.59. The molecule has 0 unspecified atom stereocenters. The van der Waals surface area contributed by atoms with E-state index in [2.05, 4.69) is 22.4 Å². The predicted octanol–water partition coefficient (Wildman–Crippen LogP) is 3.43. The van der Waals surface area contributed by atoms with Crippen LogP contribution in [0.3, 0.4) is 0 Å². The first-order valence-corrected chi connectivity index (χ1v) is 8.79. The summed E-state index contributed by atoms with van der Waals surface area (Å²) in [6.07, 6.45) is 5.56. The minimum atomic E-state index is 0.0781. The fourth-order valence-electron chi connectivity index (χ4n) is 2.94. The zero-order chi connectivity index (χ0) is 15.4. The number of amides is 1. The molecule has 0 spiro atoms. The summed E-state index contributed by atoms with van der Waals surface area (Å²) in [5.41, 5.74) is 0.935. The molecule has 3 rings (SSSR count). The Morgan fingerprint density at radius 3 is 3.14 bits per heavy atom. The molecule has 6 heteroatoms. The Labute approximate surface area is 134 Å². The quantitative estimate of drug-likeness (QED) is 0.917. The molecule has 0 bridgehead atoms. The number of carbonyl (C=O) groups is 1. The van der Waals surface area contributed by atoms with Crippen molar-refractivity contribution in [3.8, 4) is 11.5 Å². The van der Waals surface area contributed by atoms with Crippen LogP contribution in [0.2, 0.25) is 0 Å². The van der Waals surface area contributed by atoms with Gasteiger partial charge in [0.05, 0.1) is 0 Å². The smallest absolute Gasteiger partial charge is 0.248 e. The lowest BCUT2D eigenvalue weighted by molar-refractivity contribution is -0.122. The highest BCUT2D eigenvalue weighted by Crippen LogP contribution is 2.24. The van der Waals surface area contributed by atoms with E-state index in [1.165, 1.54) is 12.8 Å². The number of rotatable bonds is 5. The van der Waals surface area contributed by atoms with E-state index in [-0.39, 0.29) is 5.91 Å². The fourth-order valence-corrected chi connectivity index (χ4v) is 3.57. The van der Waals surface area contributed by atoms with E-state index in [4.69, 9.17) is 4.42 Å². The van der Waals surface area contributed by atoms with Crippen molar-refractivity contribution in [1.29, 1.82) is 0 Å². The molecule has 118 valence electrons. The van der Waals surface area contributed by atoms with E-state index in [1.54, 1.807) is 11.3 Å². The Morgan fingerprint density at radius 1 is 1.45 bits per heavy atom. The van der Waals surface area contributed by atoms with Crippen molar-refractivity contribution in [2.45, 2.75) is 51.5 Å². The van der Waals surface area contributed by atoms with Crippen LogP contribution >= 0.6 is 11.3 Å². The fraction of sp³-hybridized carbons (Fsp3) is 0.562. The van der Waals surface area contributed by atoms with E-state index < -0.39 is 0 Å². The van der Waals surface area contributed by atoms with Crippen molar-refractivity contribution in [2.75, 3.05) is 0 Å². The second-order valence-electron chi connectivity index (χ2n) is 6.05. The molecule has 0 aromatic carbocycles. The van der Waals surface area contributed by atoms with Gasteiger partial charge >= 0.3 is 0 Å². The van der Waals surface area contributed by atoms with E-state index in [9.17, 15) is 4.79 Å². The second kappa shape index (κ2) is 7.05. The van der Waals surface area contributed by atoms with Crippen LogP contribution in [-0.4, -0.2) is 22.1 Å². The van der Waals surface area contributed by atoms with Gasteiger partial charge in [-0.2, -0.15) is 11.3 Å². The average molecular weight is 319 g/mol. The third-order valence-corrected chi connectivity index (χ3v) is 4.79. The van der Waals surface area contributed by atoms with Crippen LogP contribution in [0.15, 0.2) is 21.2 Å². The first-order chi connectivity index (χ1) is 10.7. The molecule has 0 saturated heterocycles. The number of hydrogen-bond acceptors (Lipinski definition) is 5. The van der Waals surface area contributed by atoms with Gasteiger partial charge in [-0.3, -0.25) is 4.79 Å². The zero-order valence-electron chi connectivity index (χ0n) is 12.7. The summed E-state index contributed by atoms with van der Waals surface area (Å²) in [4.78, 5) is 12.0. The number of aryl methyl sites for hydroxylation is 1. The molecule has 1 aliphatic carbocycles. The van der Waals surface area contributed by atoms with Gasteiger partial charge in [-0.15, -0.1) is 10.2 Å². The number of carbonyl (C=O) groups excluding carboxylic acids is 1. The maximum atomic E-state index is 12.0. The molecule has 2 atom stereocenters. The van der Waals surface area contributed by atoms with Gasteiger partial charge in [0, 0.05) is 29.8 Å². The van der Waals surface area contributed by atoms with Crippen molar-refractivity contribution in [1.82, 2.24) is 15.5 Å². The van der Waals surface area contributed by atoms with E-state index in [0.717, 1.165) is 18.4 Å². The van der Waals surface area contributed by atoms with Gasteiger partial charge in [0.1, 0.15) is 0 Å². The molecule has 0 radical (unpaired) electrons. The largest absolute Gasteiger partial charge is 0.421 e. The zero-order valence-corrected chi connectivity index (χ0v) is 13.6. The van der Waals surface area contributed by atoms with E-state index in [0.29, 0.717) is 36.6 Å². The Kier molecular flexibility index (Phi) is 4.87. The van der Waals surface area contributed by atoms with Gasteiger partial charge in [-0.25, -0.2) is 0 Å². The lowest BCUT2D eigenvalue weighted by Gasteiger charge is -2.27. The highest BCUT2D eigenvalue weighted by Gasteiger charge is 2.20. The summed E-state index contributed by atoms with van der Waals surface area (Å²) in [6.45, 7) is 2.25. The molecule has 0 aliphatic heterocycles. The van der Waals surface area contributed by atoms with Gasteiger partial charge in [-0.1, -0.05) is 19.8 Å². The molecular weight excluding hydrogens is 298 g/mol. The van der Waals surface area contributed by atoms with E-state index in [1.807, 2.05) is 16.8 Å². The highest BCUT2D eigenvalue weighted by molar-refractivity contribution is 7.08. The minimum absolute atomic E-state index is 0.0781. The van der Waals surface area contributed by atoms with Crippen molar-refractivity contribution in [3.63, 3.8) is 0 Å². The number of aromatic nitrogens is 2. The minimum Gasteiger partial charge on any atom is -0.421 e. The lowest BCUT2D eigenvalue weighted by atomic mass is 9.87. The maximum Gasteiger partial charge on any atom is 0.248 e. The molecule has 2 aromatic rings. The Hall–Kier alpha value is -1.69. The molecule has 1 saturated carbocycles. The summed E-state index contributed by atoms with van der Waals surface area (Å²) in [5, 5.41) is 15.1. The van der Waals surface area contributed by atoms with Crippen LogP contribution in [0.4, 0.5) is 0 Å². The molecular formula is C16H21N3O2S. The topological polar surface area (TPSA) is 68.0 Å². The molecule has 1 fully saturated rings. The third-order valence-electron chi connectivity index (χ3n) is 4.10. The van der Waals surface area contributed by atoms with E-state index >= 15 is 0 Å². The van der Waals surface area contributed by atoms with Gasteiger partial charge in [-0.05, 0) is 30.2 Å². The second-order valence-corrected chi connectivity index (χ2v) is 6.83. The number of nitrogens with zero attached hydrogens (tertiary/aromatic N) is 2. The molecule has 5 nitrogen and oxygen atoms in total.